The smallest absolute Gasteiger partial charge is 0.166 e. The van der Waals surface area contributed by atoms with Crippen molar-refractivity contribution in [3.63, 3.8) is 0 Å². The summed E-state index contributed by atoms with van der Waals surface area (Å²) in [6.07, 6.45) is 17.0. The van der Waals surface area contributed by atoms with Gasteiger partial charge in [-0.15, -0.1) is 0 Å². The van der Waals surface area contributed by atoms with Gasteiger partial charge in [0.15, 0.2) is 5.79 Å². The normalized spacial score (nSPS) is 20.7. The van der Waals surface area contributed by atoms with Crippen LogP contribution in [-0.2, 0) is 9.47 Å². The van der Waals surface area contributed by atoms with Gasteiger partial charge in [0.1, 0.15) is 0 Å². The Morgan fingerprint density at radius 2 is 1.87 bits per heavy atom. The van der Waals surface area contributed by atoms with E-state index in [2.05, 4.69) is 30.8 Å². The van der Waals surface area contributed by atoms with Crippen LogP contribution in [0.15, 0.2) is 65.0 Å². The minimum absolute atomic E-state index is 0.406. The average molecular weight is 417 g/mol. The van der Waals surface area contributed by atoms with E-state index in [4.69, 9.17) is 9.47 Å². The summed E-state index contributed by atoms with van der Waals surface area (Å²) in [7, 11) is 1.95. The third-order valence-corrected chi connectivity index (χ3v) is 4.92. The molecule has 170 valence electrons. The lowest BCUT2D eigenvalue weighted by molar-refractivity contribution is -0.146. The van der Waals surface area contributed by atoms with Crippen molar-refractivity contribution in [1.82, 2.24) is 5.01 Å². The van der Waals surface area contributed by atoms with Crippen molar-refractivity contribution in [1.29, 1.82) is 0 Å². The van der Waals surface area contributed by atoms with Crippen LogP contribution in [-0.4, -0.2) is 37.3 Å². The Kier molecular flexibility index (Phi) is 14.9. The second-order valence-corrected chi connectivity index (χ2v) is 7.00. The third kappa shape index (κ3) is 9.73. The summed E-state index contributed by atoms with van der Waals surface area (Å²) in [5, 5.41) is 6.44. The van der Waals surface area contributed by atoms with E-state index in [9.17, 15) is 0 Å². The van der Waals surface area contributed by atoms with Crippen LogP contribution in [0.25, 0.3) is 0 Å². The van der Waals surface area contributed by atoms with Gasteiger partial charge in [0.25, 0.3) is 0 Å². The molecule has 4 nitrogen and oxygen atoms in total. The zero-order valence-corrected chi connectivity index (χ0v) is 20.6. The Morgan fingerprint density at radius 1 is 1.23 bits per heavy atom. The van der Waals surface area contributed by atoms with E-state index in [1.807, 2.05) is 78.0 Å². The number of likely N-dealkylation sites (N-methyl/N-ethyl adjacent to an activating group) is 1. The molecule has 1 heterocycles. The molecule has 1 unspecified atom stereocenters. The number of nitrogens with zero attached hydrogens (tertiary/aromatic N) is 2. The fraction of sp³-hybridized carbons (Fsp3) is 0.577. The minimum Gasteiger partial charge on any atom is -0.348 e. The fourth-order valence-electron chi connectivity index (χ4n) is 3.21. The minimum atomic E-state index is -0.406. The molecule has 0 amide bonds. The van der Waals surface area contributed by atoms with Gasteiger partial charge in [-0.3, -0.25) is 5.01 Å². The van der Waals surface area contributed by atoms with Crippen molar-refractivity contribution in [3.8, 4) is 0 Å². The lowest BCUT2D eigenvalue weighted by atomic mass is 9.85. The van der Waals surface area contributed by atoms with Crippen molar-refractivity contribution in [3.05, 3.63) is 59.9 Å². The standard InChI is InChI=1S/C22H32N2O2.2C2H6/c1-6-8-9-21(7-2)24(5)23-17-19-10-11-20(18(3)16-19)12-13-22(4)25-14-15-26-22;2*1-2/h6-11,17-18H,1,12-16H2,2-5H3;2*1-2H3/b9-8-,21-7+,23-17-;;. The largest absolute Gasteiger partial charge is 0.348 e. The molecule has 4 heteroatoms. The molecule has 0 spiro atoms. The number of allylic oxidation sites excluding steroid dienone is 8. The van der Waals surface area contributed by atoms with Crippen LogP contribution in [0.5, 0.6) is 0 Å². The predicted octanol–water partition coefficient (Wildman–Crippen LogP) is 7.04. The first-order valence-electron chi connectivity index (χ1n) is 11.4. The van der Waals surface area contributed by atoms with E-state index in [-0.39, 0.29) is 0 Å². The Labute approximate surface area is 185 Å². The topological polar surface area (TPSA) is 34.1 Å². The van der Waals surface area contributed by atoms with E-state index in [0.29, 0.717) is 19.1 Å². The van der Waals surface area contributed by atoms with E-state index in [1.165, 1.54) is 11.1 Å². The van der Waals surface area contributed by atoms with Crippen LogP contribution in [0.3, 0.4) is 0 Å². The number of rotatable bonds is 8. The summed E-state index contributed by atoms with van der Waals surface area (Å²) in [4.78, 5) is 0. The molecule has 2 rings (SSSR count). The molecule has 0 radical (unpaired) electrons. The fourth-order valence-corrected chi connectivity index (χ4v) is 3.21. The second kappa shape index (κ2) is 15.9. The van der Waals surface area contributed by atoms with Crippen LogP contribution >= 0.6 is 0 Å². The first-order chi connectivity index (χ1) is 14.5. The average Bonchev–Trinajstić information content (AvgIpc) is 3.21. The van der Waals surface area contributed by atoms with Crippen molar-refractivity contribution < 1.29 is 9.47 Å². The predicted molar refractivity (Wildman–Crippen MR) is 132 cm³/mol. The molecule has 0 N–H and O–H groups in total. The Balaban J connectivity index is 0.00000198. The summed E-state index contributed by atoms with van der Waals surface area (Å²) in [6, 6.07) is 0. The highest BCUT2D eigenvalue weighted by Gasteiger charge is 2.31. The summed E-state index contributed by atoms with van der Waals surface area (Å²) >= 11 is 0. The number of hydrogen-bond donors (Lipinski definition) is 0. The molecular formula is C26H44N2O2. The molecule has 0 aromatic carbocycles. The SMILES string of the molecule is C=C/C=C\C(=C/C)N(C)/N=C\C1=CC=C(CCC2(C)OCCO2)C(C)C1.CC.CC. The van der Waals surface area contributed by atoms with Gasteiger partial charge in [-0.05, 0) is 44.3 Å². The van der Waals surface area contributed by atoms with Crippen molar-refractivity contribution >= 4 is 6.21 Å². The van der Waals surface area contributed by atoms with Crippen molar-refractivity contribution in [2.24, 2.45) is 11.0 Å². The molecule has 1 aliphatic heterocycles. The lowest BCUT2D eigenvalue weighted by Gasteiger charge is -2.26. The zero-order chi connectivity index (χ0) is 23.0. The highest BCUT2D eigenvalue weighted by molar-refractivity contribution is 5.79. The molecular weight excluding hydrogens is 372 g/mol. The van der Waals surface area contributed by atoms with Gasteiger partial charge < -0.3 is 9.47 Å². The summed E-state index contributed by atoms with van der Waals surface area (Å²) in [6.45, 7) is 19.4. The maximum absolute atomic E-state index is 5.71. The first kappa shape index (κ1) is 28.1. The Hall–Kier alpha value is -1.91. The molecule has 1 saturated heterocycles. The summed E-state index contributed by atoms with van der Waals surface area (Å²) in [5.41, 5.74) is 3.74. The highest BCUT2D eigenvalue weighted by Crippen LogP contribution is 2.32. The van der Waals surface area contributed by atoms with E-state index >= 15 is 0 Å². The van der Waals surface area contributed by atoms with Crippen LogP contribution < -0.4 is 0 Å². The van der Waals surface area contributed by atoms with E-state index in [1.54, 1.807) is 6.08 Å². The van der Waals surface area contributed by atoms with Gasteiger partial charge in [0.05, 0.1) is 25.1 Å². The van der Waals surface area contributed by atoms with Gasteiger partial charge in [-0.25, -0.2) is 0 Å². The molecule has 2 aliphatic rings. The molecule has 0 aromatic rings. The highest BCUT2D eigenvalue weighted by atomic mass is 16.7. The van der Waals surface area contributed by atoms with Crippen molar-refractivity contribution in [2.45, 2.75) is 73.5 Å². The van der Waals surface area contributed by atoms with Gasteiger partial charge >= 0.3 is 0 Å². The van der Waals surface area contributed by atoms with Gasteiger partial charge in [-0.2, -0.15) is 5.10 Å². The molecule has 1 aliphatic carbocycles. The van der Waals surface area contributed by atoms with Gasteiger partial charge in [-0.1, -0.05) is 77.2 Å². The summed E-state index contributed by atoms with van der Waals surface area (Å²) in [5.74, 6) is 0.106. The molecule has 0 aromatic heterocycles. The molecule has 30 heavy (non-hydrogen) atoms. The maximum Gasteiger partial charge on any atom is 0.166 e. The van der Waals surface area contributed by atoms with E-state index in [0.717, 1.165) is 25.0 Å². The first-order valence-corrected chi connectivity index (χ1v) is 11.4. The third-order valence-electron chi connectivity index (χ3n) is 4.92. The Morgan fingerprint density at radius 3 is 2.40 bits per heavy atom. The van der Waals surface area contributed by atoms with Gasteiger partial charge in [0, 0.05) is 13.5 Å². The Bertz CT molecular complexity index is 635. The molecule has 0 bridgehead atoms. The van der Waals surface area contributed by atoms with Crippen LogP contribution in [0.1, 0.15) is 67.7 Å². The quantitative estimate of drug-likeness (QED) is 0.242. The number of ether oxygens (including phenoxy) is 2. The number of hydrazone groups is 1. The van der Waals surface area contributed by atoms with Crippen molar-refractivity contribution in [2.75, 3.05) is 20.3 Å². The molecule has 0 saturated carbocycles. The summed E-state index contributed by atoms with van der Waals surface area (Å²) < 4.78 is 11.4. The van der Waals surface area contributed by atoms with Crippen LogP contribution in [0.2, 0.25) is 0 Å². The number of hydrogen-bond acceptors (Lipinski definition) is 4. The lowest BCUT2D eigenvalue weighted by Crippen LogP contribution is -2.25. The molecule has 1 atom stereocenters. The molecule has 1 fully saturated rings. The zero-order valence-electron chi connectivity index (χ0n) is 20.6. The van der Waals surface area contributed by atoms with Crippen LogP contribution in [0.4, 0.5) is 0 Å². The van der Waals surface area contributed by atoms with Crippen LogP contribution in [0, 0.1) is 5.92 Å². The maximum atomic E-state index is 5.71. The van der Waals surface area contributed by atoms with E-state index < -0.39 is 5.79 Å². The second-order valence-electron chi connectivity index (χ2n) is 7.00. The monoisotopic (exact) mass is 416 g/mol. The van der Waals surface area contributed by atoms with Gasteiger partial charge in [0.2, 0.25) is 0 Å².